The topological polar surface area (TPSA) is 107 Å². The molecule has 2 aromatic heterocycles. The van der Waals surface area contributed by atoms with Crippen molar-refractivity contribution in [2.75, 3.05) is 6.61 Å². The minimum atomic E-state index is -3.98. The molecule has 5 aromatic rings. The predicted octanol–water partition coefficient (Wildman–Crippen LogP) is 5.41. The third kappa shape index (κ3) is 3.91. The summed E-state index contributed by atoms with van der Waals surface area (Å²) in [6.45, 7) is 4.23. The lowest BCUT2D eigenvalue weighted by Gasteiger charge is -2.10. The standard InChI is InChI=1S/C27H22N4O4S/c1-18(2)17-35-27(32)30-12-11-23-22(9-6-10-25(23)30)19-13-20(15-28)24-16-29-31(26(24)14-19)36(33,34)21-7-4-3-5-8-21/h3-14,16,18H,17H2,1-2H3. The van der Waals surface area contributed by atoms with Gasteiger partial charge in [-0.2, -0.15) is 22.9 Å². The van der Waals surface area contributed by atoms with E-state index in [2.05, 4.69) is 11.2 Å². The Morgan fingerprint density at radius 1 is 1.03 bits per heavy atom. The van der Waals surface area contributed by atoms with E-state index in [1.165, 1.54) is 22.9 Å². The Morgan fingerprint density at radius 3 is 2.53 bits per heavy atom. The molecule has 0 unspecified atom stereocenters. The molecule has 9 heteroatoms. The molecule has 36 heavy (non-hydrogen) atoms. The Balaban J connectivity index is 1.67. The zero-order valence-corrected chi connectivity index (χ0v) is 20.4. The van der Waals surface area contributed by atoms with E-state index in [4.69, 9.17) is 4.74 Å². The number of ether oxygens (including phenoxy) is 1. The van der Waals surface area contributed by atoms with Crippen LogP contribution in [0.1, 0.15) is 19.4 Å². The molecule has 5 rings (SSSR count). The minimum absolute atomic E-state index is 0.0954. The lowest BCUT2D eigenvalue weighted by atomic mass is 9.98. The Morgan fingerprint density at radius 2 is 1.81 bits per heavy atom. The first-order chi connectivity index (χ1) is 17.3. The fourth-order valence-corrected chi connectivity index (χ4v) is 5.40. The molecule has 0 aliphatic rings. The summed E-state index contributed by atoms with van der Waals surface area (Å²) in [6.07, 6.45) is 2.56. The molecule has 0 saturated heterocycles. The number of hydrogen-bond donors (Lipinski definition) is 0. The van der Waals surface area contributed by atoms with E-state index in [9.17, 15) is 18.5 Å². The van der Waals surface area contributed by atoms with Crippen LogP contribution in [0, 0.1) is 17.2 Å². The number of benzene rings is 3. The predicted molar refractivity (Wildman–Crippen MR) is 136 cm³/mol. The van der Waals surface area contributed by atoms with Crippen LogP contribution < -0.4 is 0 Å². The van der Waals surface area contributed by atoms with Crippen LogP contribution in [-0.2, 0) is 14.8 Å². The Kier molecular flexibility index (Phi) is 5.82. The van der Waals surface area contributed by atoms with E-state index in [1.807, 2.05) is 26.0 Å². The fourth-order valence-electron chi connectivity index (χ4n) is 4.12. The molecular weight excluding hydrogens is 476 g/mol. The highest BCUT2D eigenvalue weighted by molar-refractivity contribution is 7.90. The first-order valence-corrected chi connectivity index (χ1v) is 12.8. The Labute approximate surface area is 208 Å². The van der Waals surface area contributed by atoms with Gasteiger partial charge in [-0.25, -0.2) is 4.79 Å². The van der Waals surface area contributed by atoms with Crippen LogP contribution in [0.4, 0.5) is 4.79 Å². The normalized spacial score (nSPS) is 11.7. The molecule has 0 radical (unpaired) electrons. The van der Waals surface area contributed by atoms with Crippen LogP contribution in [0.5, 0.6) is 0 Å². The molecule has 0 bridgehead atoms. The molecule has 0 amide bonds. The number of rotatable bonds is 5. The summed E-state index contributed by atoms with van der Waals surface area (Å²) >= 11 is 0. The summed E-state index contributed by atoms with van der Waals surface area (Å²) in [7, 11) is -3.98. The average Bonchev–Trinajstić information content (AvgIpc) is 3.52. The molecule has 0 N–H and O–H groups in total. The number of fused-ring (bicyclic) bond motifs is 2. The van der Waals surface area contributed by atoms with E-state index in [0.717, 1.165) is 15.0 Å². The highest BCUT2D eigenvalue weighted by atomic mass is 32.2. The van der Waals surface area contributed by atoms with Gasteiger partial charge in [-0.15, -0.1) is 0 Å². The second-order valence-corrected chi connectivity index (χ2v) is 10.5. The molecule has 0 fully saturated rings. The van der Waals surface area contributed by atoms with Gasteiger partial charge < -0.3 is 4.74 Å². The summed E-state index contributed by atoms with van der Waals surface area (Å²) < 4.78 is 34.4. The second kappa shape index (κ2) is 8.98. The highest BCUT2D eigenvalue weighted by Gasteiger charge is 2.22. The van der Waals surface area contributed by atoms with E-state index in [0.29, 0.717) is 34.2 Å². The summed E-state index contributed by atoms with van der Waals surface area (Å²) in [5.74, 6) is 0.208. The number of nitriles is 1. The monoisotopic (exact) mass is 498 g/mol. The van der Waals surface area contributed by atoms with Crippen LogP contribution in [-0.4, -0.2) is 34.9 Å². The summed E-state index contributed by atoms with van der Waals surface area (Å²) in [5.41, 5.74) is 2.60. The first-order valence-electron chi connectivity index (χ1n) is 11.3. The first kappa shape index (κ1) is 23.3. The number of carbonyl (C=O) groups is 1. The van der Waals surface area contributed by atoms with Crippen molar-refractivity contribution in [3.63, 3.8) is 0 Å². The number of aromatic nitrogens is 3. The van der Waals surface area contributed by atoms with E-state index in [1.54, 1.807) is 48.7 Å². The highest BCUT2D eigenvalue weighted by Crippen LogP contribution is 2.34. The van der Waals surface area contributed by atoms with Gasteiger partial charge in [0.05, 0.1) is 40.4 Å². The van der Waals surface area contributed by atoms with Gasteiger partial charge in [-0.1, -0.05) is 44.2 Å². The quantitative estimate of drug-likeness (QED) is 0.321. The van der Waals surface area contributed by atoms with Crippen molar-refractivity contribution >= 4 is 37.9 Å². The van der Waals surface area contributed by atoms with Crippen LogP contribution >= 0.6 is 0 Å². The largest absolute Gasteiger partial charge is 0.449 e. The molecule has 8 nitrogen and oxygen atoms in total. The van der Waals surface area contributed by atoms with Gasteiger partial charge in [0.15, 0.2) is 0 Å². The maximum atomic E-state index is 13.3. The number of hydrogen-bond acceptors (Lipinski definition) is 6. The second-order valence-electron chi connectivity index (χ2n) is 8.77. The molecule has 0 saturated carbocycles. The molecule has 2 heterocycles. The molecule has 0 atom stereocenters. The van der Waals surface area contributed by atoms with Crippen molar-refractivity contribution < 1.29 is 17.9 Å². The van der Waals surface area contributed by atoms with Gasteiger partial charge in [-0.05, 0) is 53.4 Å². The third-order valence-corrected chi connectivity index (χ3v) is 7.44. The minimum Gasteiger partial charge on any atom is -0.449 e. The van der Waals surface area contributed by atoms with Gasteiger partial charge in [-0.3, -0.25) is 4.57 Å². The van der Waals surface area contributed by atoms with Crippen molar-refractivity contribution in [3.8, 4) is 17.2 Å². The van der Waals surface area contributed by atoms with Gasteiger partial charge in [0.2, 0.25) is 0 Å². The van der Waals surface area contributed by atoms with Crippen LogP contribution in [0.2, 0.25) is 0 Å². The average molecular weight is 499 g/mol. The molecule has 180 valence electrons. The molecular formula is C27H22N4O4S. The molecule has 0 aliphatic heterocycles. The van der Waals surface area contributed by atoms with E-state index < -0.39 is 16.1 Å². The zero-order valence-electron chi connectivity index (χ0n) is 19.6. The maximum absolute atomic E-state index is 13.3. The van der Waals surface area contributed by atoms with Gasteiger partial charge in [0.25, 0.3) is 10.0 Å². The fraction of sp³-hybridized carbons (Fsp3) is 0.148. The SMILES string of the molecule is CC(C)COC(=O)n1ccc2c(-c3cc(C#N)c4cnn(S(=O)(=O)c5ccccc5)c4c3)cccc21. The Hall–Kier alpha value is -4.42. The summed E-state index contributed by atoms with van der Waals surface area (Å²) in [6, 6.07) is 20.8. The van der Waals surface area contributed by atoms with E-state index in [-0.39, 0.29) is 10.8 Å². The lowest BCUT2D eigenvalue weighted by molar-refractivity contribution is 0.135. The number of carbonyl (C=O) groups excluding carboxylic acids is 1. The summed E-state index contributed by atoms with van der Waals surface area (Å²) in [5, 5.41) is 15.1. The molecule has 3 aromatic carbocycles. The van der Waals surface area contributed by atoms with Gasteiger partial charge in [0, 0.05) is 17.0 Å². The molecule has 0 spiro atoms. The van der Waals surface area contributed by atoms with Crippen molar-refractivity contribution in [1.82, 2.24) is 13.8 Å². The maximum Gasteiger partial charge on any atom is 0.418 e. The Bertz CT molecular complexity index is 1760. The zero-order chi connectivity index (χ0) is 25.4. The van der Waals surface area contributed by atoms with Gasteiger partial charge >= 0.3 is 6.09 Å². The van der Waals surface area contributed by atoms with Gasteiger partial charge in [0.1, 0.15) is 0 Å². The lowest BCUT2D eigenvalue weighted by Crippen LogP contribution is -2.15. The van der Waals surface area contributed by atoms with Crippen molar-refractivity contribution in [1.29, 1.82) is 5.26 Å². The third-order valence-electron chi connectivity index (χ3n) is 5.83. The van der Waals surface area contributed by atoms with Crippen molar-refractivity contribution in [2.45, 2.75) is 18.7 Å². The number of nitrogens with zero attached hydrogens (tertiary/aromatic N) is 4. The summed E-state index contributed by atoms with van der Waals surface area (Å²) in [4.78, 5) is 12.7. The van der Waals surface area contributed by atoms with Crippen LogP contribution in [0.25, 0.3) is 32.9 Å². The van der Waals surface area contributed by atoms with Crippen molar-refractivity contribution in [3.05, 3.63) is 84.7 Å². The smallest absolute Gasteiger partial charge is 0.418 e. The van der Waals surface area contributed by atoms with Crippen LogP contribution in [0.3, 0.4) is 0 Å². The van der Waals surface area contributed by atoms with Crippen LogP contribution in [0.15, 0.2) is 84.0 Å². The molecule has 0 aliphatic carbocycles. The van der Waals surface area contributed by atoms with E-state index >= 15 is 0 Å². The van der Waals surface area contributed by atoms with Crippen molar-refractivity contribution in [2.24, 2.45) is 5.92 Å².